The van der Waals surface area contributed by atoms with Crippen molar-refractivity contribution in [2.75, 3.05) is 0 Å². The van der Waals surface area contributed by atoms with Gasteiger partial charge in [0.15, 0.2) is 0 Å². The lowest BCUT2D eigenvalue weighted by atomic mass is 10.3. The van der Waals surface area contributed by atoms with Crippen LogP contribution in [0.4, 0.5) is 0 Å². The highest BCUT2D eigenvalue weighted by Gasteiger charge is 2.17. The van der Waals surface area contributed by atoms with E-state index in [1.807, 2.05) is 18.2 Å². The Balaban J connectivity index is 1.60. The van der Waals surface area contributed by atoms with E-state index in [0.29, 0.717) is 12.6 Å². The predicted octanol–water partition coefficient (Wildman–Crippen LogP) is 2.97. The summed E-state index contributed by atoms with van der Waals surface area (Å²) in [5.41, 5.74) is 0.978. The number of nitrogens with zero attached hydrogens (tertiary/aromatic N) is 3. The summed E-state index contributed by atoms with van der Waals surface area (Å²) >= 11 is 0. The molecule has 3 rings (SSSR count). The van der Waals surface area contributed by atoms with Crippen LogP contribution in [0.5, 0.6) is 5.75 Å². The minimum absolute atomic E-state index is 0.505. The van der Waals surface area contributed by atoms with Crippen LogP contribution in [0.25, 0.3) is 0 Å². The van der Waals surface area contributed by atoms with Gasteiger partial charge in [0.2, 0.25) is 0 Å². The van der Waals surface area contributed by atoms with Gasteiger partial charge in [-0.25, -0.2) is 0 Å². The molecule has 0 bridgehead atoms. The van der Waals surface area contributed by atoms with Crippen molar-refractivity contribution >= 4 is 0 Å². The molecule has 0 N–H and O–H groups in total. The van der Waals surface area contributed by atoms with Crippen LogP contribution in [0.1, 0.15) is 37.4 Å². The van der Waals surface area contributed by atoms with Gasteiger partial charge in [0.1, 0.15) is 12.4 Å². The first-order valence-electron chi connectivity index (χ1n) is 6.49. The van der Waals surface area contributed by atoms with E-state index in [1.54, 1.807) is 12.4 Å². The van der Waals surface area contributed by atoms with Crippen LogP contribution in [0.2, 0.25) is 0 Å². The average molecular weight is 243 g/mol. The molecule has 0 amide bonds. The molecule has 0 aliphatic heterocycles. The predicted molar refractivity (Wildman–Crippen MR) is 68.3 cm³/mol. The van der Waals surface area contributed by atoms with Crippen LogP contribution in [0.15, 0.2) is 36.8 Å². The highest BCUT2D eigenvalue weighted by atomic mass is 16.5. The van der Waals surface area contributed by atoms with E-state index < -0.39 is 0 Å². The Morgan fingerprint density at radius 3 is 2.94 bits per heavy atom. The first kappa shape index (κ1) is 11.3. The monoisotopic (exact) mass is 243 g/mol. The van der Waals surface area contributed by atoms with Crippen LogP contribution < -0.4 is 4.74 Å². The maximum absolute atomic E-state index is 5.63. The first-order valence-corrected chi connectivity index (χ1v) is 6.49. The largest absolute Gasteiger partial charge is 0.486 e. The third kappa shape index (κ3) is 2.53. The van der Waals surface area contributed by atoms with E-state index >= 15 is 0 Å². The molecule has 1 aliphatic carbocycles. The van der Waals surface area contributed by atoms with Gasteiger partial charge in [0, 0.05) is 12.4 Å². The standard InChI is InChI=1S/C14H17N3O/c1-2-5-13(4-1)17-9-7-12(16-17)11-18-14-6-3-8-15-10-14/h3,6-10,13H,1-2,4-5,11H2. The van der Waals surface area contributed by atoms with E-state index in [9.17, 15) is 0 Å². The molecule has 4 heteroatoms. The van der Waals surface area contributed by atoms with Crippen molar-refractivity contribution in [1.29, 1.82) is 0 Å². The molecule has 2 aromatic heterocycles. The molecule has 0 saturated heterocycles. The molecule has 0 radical (unpaired) electrons. The summed E-state index contributed by atoms with van der Waals surface area (Å²) in [6, 6.07) is 6.40. The third-order valence-corrected chi connectivity index (χ3v) is 3.38. The molecule has 2 heterocycles. The molecule has 4 nitrogen and oxygen atoms in total. The van der Waals surface area contributed by atoms with Crippen LogP contribution >= 0.6 is 0 Å². The molecule has 0 spiro atoms. The van der Waals surface area contributed by atoms with Crippen molar-refractivity contribution < 1.29 is 4.74 Å². The fourth-order valence-electron chi connectivity index (χ4n) is 2.42. The maximum atomic E-state index is 5.63. The van der Waals surface area contributed by atoms with Crippen molar-refractivity contribution in [3.63, 3.8) is 0 Å². The average Bonchev–Trinajstić information content (AvgIpc) is 3.08. The van der Waals surface area contributed by atoms with Gasteiger partial charge < -0.3 is 4.74 Å². The van der Waals surface area contributed by atoms with Crippen LogP contribution in [0.3, 0.4) is 0 Å². The van der Waals surface area contributed by atoms with E-state index in [4.69, 9.17) is 4.74 Å². The summed E-state index contributed by atoms with van der Waals surface area (Å²) in [4.78, 5) is 4.01. The van der Waals surface area contributed by atoms with E-state index in [0.717, 1.165) is 11.4 Å². The van der Waals surface area contributed by atoms with E-state index in [-0.39, 0.29) is 0 Å². The summed E-state index contributed by atoms with van der Waals surface area (Å²) in [5, 5.41) is 4.58. The smallest absolute Gasteiger partial charge is 0.138 e. The van der Waals surface area contributed by atoms with Crippen molar-refractivity contribution in [3.05, 3.63) is 42.5 Å². The minimum atomic E-state index is 0.505. The Hall–Kier alpha value is -1.84. The molecule has 1 fully saturated rings. The molecule has 0 atom stereocenters. The van der Waals surface area contributed by atoms with Crippen molar-refractivity contribution in [2.45, 2.75) is 38.3 Å². The first-order chi connectivity index (χ1) is 8.92. The zero-order chi connectivity index (χ0) is 12.2. The second-order valence-corrected chi connectivity index (χ2v) is 4.70. The highest BCUT2D eigenvalue weighted by molar-refractivity contribution is 5.16. The molecular formula is C14H17N3O. The Morgan fingerprint density at radius 2 is 2.17 bits per heavy atom. The van der Waals surface area contributed by atoms with Gasteiger partial charge in [-0.1, -0.05) is 12.8 Å². The van der Waals surface area contributed by atoms with Crippen molar-refractivity contribution in [3.8, 4) is 5.75 Å². The normalized spacial score (nSPS) is 16.0. The molecule has 94 valence electrons. The number of pyridine rings is 1. The van der Waals surface area contributed by atoms with Gasteiger partial charge in [-0.2, -0.15) is 5.10 Å². The van der Waals surface area contributed by atoms with Crippen LogP contribution in [-0.4, -0.2) is 14.8 Å². The summed E-state index contributed by atoms with van der Waals surface area (Å²) in [7, 11) is 0. The number of rotatable bonds is 4. The van der Waals surface area contributed by atoms with Crippen LogP contribution in [-0.2, 0) is 6.61 Å². The molecular weight excluding hydrogens is 226 g/mol. The Bertz CT molecular complexity index is 489. The Kier molecular flexibility index (Phi) is 3.26. The summed E-state index contributed by atoms with van der Waals surface area (Å²) in [6.45, 7) is 0.505. The number of hydrogen-bond donors (Lipinski definition) is 0. The summed E-state index contributed by atoms with van der Waals surface area (Å²) in [6.07, 6.45) is 10.7. The second-order valence-electron chi connectivity index (χ2n) is 4.70. The van der Waals surface area contributed by atoms with Gasteiger partial charge >= 0.3 is 0 Å². The van der Waals surface area contributed by atoms with Gasteiger partial charge in [0.25, 0.3) is 0 Å². The molecule has 2 aromatic rings. The molecule has 1 aliphatic rings. The van der Waals surface area contributed by atoms with Gasteiger partial charge in [-0.3, -0.25) is 9.67 Å². The summed E-state index contributed by atoms with van der Waals surface area (Å²) in [5.74, 6) is 0.785. The van der Waals surface area contributed by atoms with Gasteiger partial charge in [-0.15, -0.1) is 0 Å². The molecule has 0 aromatic carbocycles. The van der Waals surface area contributed by atoms with Gasteiger partial charge in [-0.05, 0) is 31.0 Å². The molecule has 0 unspecified atom stereocenters. The van der Waals surface area contributed by atoms with Gasteiger partial charge in [0.05, 0.1) is 17.9 Å². The number of aromatic nitrogens is 3. The lowest BCUT2D eigenvalue weighted by molar-refractivity contribution is 0.297. The van der Waals surface area contributed by atoms with Crippen molar-refractivity contribution in [1.82, 2.24) is 14.8 Å². The lowest BCUT2D eigenvalue weighted by Gasteiger charge is -2.09. The SMILES string of the molecule is c1cncc(OCc2ccn(C3CCCC3)n2)c1. The quantitative estimate of drug-likeness (QED) is 0.828. The van der Waals surface area contributed by atoms with E-state index in [1.165, 1.54) is 25.7 Å². The fourth-order valence-corrected chi connectivity index (χ4v) is 2.42. The summed E-state index contributed by atoms with van der Waals surface area (Å²) < 4.78 is 7.72. The minimum Gasteiger partial charge on any atom is -0.486 e. The number of ether oxygens (including phenoxy) is 1. The molecule has 18 heavy (non-hydrogen) atoms. The zero-order valence-electron chi connectivity index (χ0n) is 10.3. The van der Waals surface area contributed by atoms with E-state index in [2.05, 4.69) is 21.0 Å². The topological polar surface area (TPSA) is 39.9 Å². The highest BCUT2D eigenvalue weighted by Crippen LogP contribution is 2.28. The van der Waals surface area contributed by atoms with Crippen LogP contribution in [0, 0.1) is 0 Å². The fraction of sp³-hybridized carbons (Fsp3) is 0.429. The Morgan fingerprint density at radius 1 is 1.28 bits per heavy atom. The maximum Gasteiger partial charge on any atom is 0.138 e. The van der Waals surface area contributed by atoms with Crippen molar-refractivity contribution in [2.24, 2.45) is 0 Å². The lowest BCUT2D eigenvalue weighted by Crippen LogP contribution is -2.06. The number of hydrogen-bond acceptors (Lipinski definition) is 3. The zero-order valence-corrected chi connectivity index (χ0v) is 10.3. The third-order valence-electron chi connectivity index (χ3n) is 3.38. The Labute approximate surface area is 107 Å². The second kappa shape index (κ2) is 5.21. The molecule has 1 saturated carbocycles.